The Morgan fingerprint density at radius 1 is 1.42 bits per heavy atom. The highest BCUT2D eigenvalue weighted by molar-refractivity contribution is 6.04. The van der Waals surface area contributed by atoms with Gasteiger partial charge in [-0.05, 0) is 30.7 Å². The van der Waals surface area contributed by atoms with Crippen molar-refractivity contribution >= 4 is 11.7 Å². The number of halogens is 1. The number of rotatable bonds is 3. The maximum atomic E-state index is 12.6. The molecule has 6 heteroatoms. The van der Waals surface area contributed by atoms with Crippen LogP contribution in [0.4, 0.5) is 10.2 Å². The summed E-state index contributed by atoms with van der Waals surface area (Å²) >= 11 is 0. The molecular weight excluding hydrogens is 249 g/mol. The molecule has 1 amide bonds. The van der Waals surface area contributed by atoms with Gasteiger partial charge < -0.3 is 10.4 Å². The Bertz CT molecular complexity index is 602. The van der Waals surface area contributed by atoms with Crippen molar-refractivity contribution in [2.24, 2.45) is 7.05 Å². The number of aryl methyl sites for hydroxylation is 2. The third kappa shape index (κ3) is 2.90. The predicted octanol–water partition coefficient (Wildman–Crippen LogP) is 2.16. The number of alkyl halides is 1. The van der Waals surface area contributed by atoms with E-state index >= 15 is 0 Å². The Labute approximate surface area is 109 Å². The Kier molecular flexibility index (Phi) is 3.50. The molecule has 1 aromatic carbocycles. The van der Waals surface area contributed by atoms with E-state index in [0.717, 1.165) is 5.56 Å². The topological polar surface area (TPSA) is 67.2 Å². The lowest BCUT2D eigenvalue weighted by Gasteiger charge is -2.04. The SMILES string of the molecule is Cc1cc(O)cc(C(=O)Nc2cc(CF)n(C)n2)c1. The van der Waals surface area contributed by atoms with Crippen molar-refractivity contribution in [3.63, 3.8) is 0 Å². The molecule has 100 valence electrons. The number of nitrogens with one attached hydrogen (secondary N) is 1. The van der Waals surface area contributed by atoms with Crippen LogP contribution >= 0.6 is 0 Å². The van der Waals surface area contributed by atoms with Crippen LogP contribution in [0.1, 0.15) is 21.6 Å². The maximum absolute atomic E-state index is 12.6. The number of aromatic nitrogens is 2. The number of phenolic OH excluding ortho intramolecular Hbond substituents is 1. The zero-order chi connectivity index (χ0) is 14.0. The molecule has 19 heavy (non-hydrogen) atoms. The van der Waals surface area contributed by atoms with Crippen LogP contribution in [-0.2, 0) is 13.7 Å². The smallest absolute Gasteiger partial charge is 0.257 e. The quantitative estimate of drug-likeness (QED) is 0.891. The first kappa shape index (κ1) is 13.1. The zero-order valence-corrected chi connectivity index (χ0v) is 10.6. The van der Waals surface area contributed by atoms with Crippen molar-refractivity contribution in [1.82, 2.24) is 9.78 Å². The maximum Gasteiger partial charge on any atom is 0.257 e. The molecule has 1 heterocycles. The van der Waals surface area contributed by atoms with Gasteiger partial charge in [0, 0.05) is 18.7 Å². The van der Waals surface area contributed by atoms with Crippen LogP contribution in [0.5, 0.6) is 5.75 Å². The van der Waals surface area contributed by atoms with E-state index < -0.39 is 12.6 Å². The average Bonchev–Trinajstić information content (AvgIpc) is 2.68. The molecule has 5 nitrogen and oxygen atoms in total. The van der Waals surface area contributed by atoms with Crippen molar-refractivity contribution in [3.05, 3.63) is 41.1 Å². The van der Waals surface area contributed by atoms with Crippen LogP contribution in [0.3, 0.4) is 0 Å². The standard InChI is InChI=1S/C13H14FN3O2/c1-8-3-9(5-11(18)4-8)13(19)15-12-6-10(7-14)17(2)16-12/h3-6,18H,7H2,1-2H3,(H,15,16,19). The fourth-order valence-corrected chi connectivity index (χ4v) is 1.77. The molecule has 0 radical (unpaired) electrons. The molecule has 0 aliphatic rings. The molecule has 0 atom stereocenters. The molecule has 1 aromatic heterocycles. The summed E-state index contributed by atoms with van der Waals surface area (Å²) in [6.45, 7) is 1.13. The summed E-state index contributed by atoms with van der Waals surface area (Å²) in [5.41, 5.74) is 1.47. The zero-order valence-electron chi connectivity index (χ0n) is 10.6. The highest BCUT2D eigenvalue weighted by Gasteiger charge is 2.11. The van der Waals surface area contributed by atoms with Crippen LogP contribution < -0.4 is 5.32 Å². The van der Waals surface area contributed by atoms with Gasteiger partial charge in [-0.1, -0.05) is 0 Å². The Hall–Kier alpha value is -2.37. The van der Waals surface area contributed by atoms with Crippen LogP contribution in [0.25, 0.3) is 0 Å². The molecule has 2 N–H and O–H groups in total. The van der Waals surface area contributed by atoms with Crippen molar-refractivity contribution in [3.8, 4) is 5.75 Å². The van der Waals surface area contributed by atoms with E-state index in [1.54, 1.807) is 26.1 Å². The summed E-state index contributed by atoms with van der Waals surface area (Å²) < 4.78 is 13.9. The fraction of sp³-hybridized carbons (Fsp3) is 0.231. The van der Waals surface area contributed by atoms with Gasteiger partial charge >= 0.3 is 0 Å². The number of hydrogen-bond donors (Lipinski definition) is 2. The Morgan fingerprint density at radius 2 is 2.16 bits per heavy atom. The minimum absolute atomic E-state index is 0.0237. The van der Waals surface area contributed by atoms with Crippen molar-refractivity contribution in [2.75, 3.05) is 5.32 Å². The van der Waals surface area contributed by atoms with E-state index in [0.29, 0.717) is 11.3 Å². The summed E-state index contributed by atoms with van der Waals surface area (Å²) in [5, 5.41) is 16.0. The first-order valence-electron chi connectivity index (χ1n) is 5.70. The average molecular weight is 263 g/mol. The highest BCUT2D eigenvalue weighted by Crippen LogP contribution is 2.17. The van der Waals surface area contributed by atoms with Crippen LogP contribution in [-0.4, -0.2) is 20.8 Å². The third-order valence-corrected chi connectivity index (χ3v) is 2.68. The van der Waals surface area contributed by atoms with Gasteiger partial charge in [-0.3, -0.25) is 9.48 Å². The fourth-order valence-electron chi connectivity index (χ4n) is 1.77. The lowest BCUT2D eigenvalue weighted by molar-refractivity contribution is 0.102. The second kappa shape index (κ2) is 5.09. The van der Waals surface area contributed by atoms with E-state index in [4.69, 9.17) is 0 Å². The largest absolute Gasteiger partial charge is 0.508 e. The number of aromatic hydroxyl groups is 1. The molecule has 0 aliphatic carbocycles. The first-order valence-corrected chi connectivity index (χ1v) is 5.70. The lowest BCUT2D eigenvalue weighted by Crippen LogP contribution is -2.12. The predicted molar refractivity (Wildman–Crippen MR) is 68.8 cm³/mol. The van der Waals surface area contributed by atoms with E-state index in [-0.39, 0.29) is 11.6 Å². The molecule has 0 fully saturated rings. The highest BCUT2D eigenvalue weighted by atomic mass is 19.1. The number of amides is 1. The second-order valence-electron chi connectivity index (χ2n) is 4.29. The van der Waals surface area contributed by atoms with Gasteiger partial charge in [0.25, 0.3) is 5.91 Å². The summed E-state index contributed by atoms with van der Waals surface area (Å²) in [5.74, 6) is -0.0979. The van der Waals surface area contributed by atoms with E-state index in [2.05, 4.69) is 10.4 Å². The molecule has 2 aromatic rings. The summed E-state index contributed by atoms with van der Waals surface area (Å²) in [6, 6.07) is 6.03. The normalized spacial score (nSPS) is 10.5. The van der Waals surface area contributed by atoms with E-state index in [1.165, 1.54) is 16.8 Å². The number of anilines is 1. The van der Waals surface area contributed by atoms with Gasteiger partial charge in [-0.2, -0.15) is 5.10 Å². The number of phenols is 1. The number of benzene rings is 1. The number of nitrogens with zero attached hydrogens (tertiary/aromatic N) is 2. The van der Waals surface area contributed by atoms with Crippen LogP contribution in [0.2, 0.25) is 0 Å². The monoisotopic (exact) mass is 263 g/mol. The molecule has 0 bridgehead atoms. The molecule has 0 saturated carbocycles. The summed E-state index contributed by atoms with van der Waals surface area (Å²) in [4.78, 5) is 12.0. The van der Waals surface area contributed by atoms with Gasteiger partial charge in [0.05, 0.1) is 5.69 Å². The Balaban J connectivity index is 2.20. The van der Waals surface area contributed by atoms with Crippen LogP contribution in [0, 0.1) is 6.92 Å². The van der Waals surface area contributed by atoms with Gasteiger partial charge in [0.2, 0.25) is 0 Å². The van der Waals surface area contributed by atoms with E-state index in [1.807, 2.05) is 0 Å². The summed E-state index contributed by atoms with van der Waals surface area (Å²) in [7, 11) is 1.60. The van der Waals surface area contributed by atoms with Crippen molar-refractivity contribution in [2.45, 2.75) is 13.6 Å². The van der Waals surface area contributed by atoms with Crippen LogP contribution in [0.15, 0.2) is 24.3 Å². The van der Waals surface area contributed by atoms with Gasteiger partial charge in [-0.15, -0.1) is 0 Å². The van der Waals surface area contributed by atoms with Gasteiger partial charge in [0.1, 0.15) is 12.4 Å². The second-order valence-corrected chi connectivity index (χ2v) is 4.29. The number of carbonyl (C=O) groups is 1. The molecule has 0 spiro atoms. The Morgan fingerprint density at radius 3 is 2.74 bits per heavy atom. The number of hydrogen-bond acceptors (Lipinski definition) is 3. The minimum Gasteiger partial charge on any atom is -0.508 e. The first-order chi connectivity index (χ1) is 8.99. The molecular formula is C13H14FN3O2. The lowest BCUT2D eigenvalue weighted by atomic mass is 10.1. The molecule has 0 aliphatic heterocycles. The van der Waals surface area contributed by atoms with Crippen molar-refractivity contribution in [1.29, 1.82) is 0 Å². The molecule has 0 saturated heterocycles. The van der Waals surface area contributed by atoms with E-state index in [9.17, 15) is 14.3 Å². The van der Waals surface area contributed by atoms with Gasteiger partial charge in [-0.25, -0.2) is 4.39 Å². The van der Waals surface area contributed by atoms with Gasteiger partial charge in [0.15, 0.2) is 5.82 Å². The molecule has 0 unspecified atom stereocenters. The number of carbonyl (C=O) groups excluding carboxylic acids is 1. The molecule has 2 rings (SSSR count). The van der Waals surface area contributed by atoms with Crippen molar-refractivity contribution < 1.29 is 14.3 Å². The summed E-state index contributed by atoms with van der Waals surface area (Å²) in [6.07, 6.45) is 0. The third-order valence-electron chi connectivity index (χ3n) is 2.68. The minimum atomic E-state index is -0.648.